The number of amides is 1. The molecule has 0 radical (unpaired) electrons. The van der Waals surface area contributed by atoms with E-state index in [4.69, 9.17) is 9.47 Å². The highest BCUT2D eigenvalue weighted by Gasteiger charge is 2.31. The van der Waals surface area contributed by atoms with E-state index in [2.05, 4.69) is 15.5 Å². The van der Waals surface area contributed by atoms with Crippen LogP contribution in [0.3, 0.4) is 0 Å². The first-order valence-corrected chi connectivity index (χ1v) is 12.7. The minimum atomic E-state index is -3.76. The van der Waals surface area contributed by atoms with Crippen LogP contribution in [-0.4, -0.2) is 74.5 Å². The molecule has 2 aromatic carbocycles. The van der Waals surface area contributed by atoms with Crippen LogP contribution in [0.1, 0.15) is 12.0 Å². The average Bonchev–Trinajstić information content (AvgIpc) is 3.32. The number of benzene rings is 2. The van der Waals surface area contributed by atoms with E-state index in [1.54, 1.807) is 12.1 Å². The van der Waals surface area contributed by atoms with Crippen molar-refractivity contribution in [1.29, 1.82) is 0 Å². The lowest BCUT2D eigenvalue weighted by Crippen LogP contribution is -2.40. The van der Waals surface area contributed by atoms with Gasteiger partial charge in [0.1, 0.15) is 10.6 Å². The highest BCUT2D eigenvalue weighted by Crippen LogP contribution is 2.38. The summed E-state index contributed by atoms with van der Waals surface area (Å²) >= 11 is 0. The van der Waals surface area contributed by atoms with Crippen LogP contribution in [0.4, 0.5) is 0 Å². The highest BCUT2D eigenvalue weighted by atomic mass is 32.2. The maximum absolute atomic E-state index is 13.3. The van der Waals surface area contributed by atoms with E-state index in [0.717, 1.165) is 16.5 Å². The number of carbonyl (C=O) groups excluding carboxylic acids is 1. The van der Waals surface area contributed by atoms with Crippen LogP contribution >= 0.6 is 0 Å². The van der Waals surface area contributed by atoms with Gasteiger partial charge in [0.15, 0.2) is 0 Å². The monoisotopic (exact) mass is 498 g/mol. The molecule has 2 aliphatic heterocycles. The normalized spacial score (nSPS) is 19.4. The van der Waals surface area contributed by atoms with E-state index in [9.17, 15) is 18.3 Å². The van der Waals surface area contributed by atoms with Crippen molar-refractivity contribution in [3.8, 4) is 17.0 Å². The van der Waals surface area contributed by atoms with Gasteiger partial charge in [-0.25, -0.2) is 13.8 Å². The zero-order valence-electron chi connectivity index (χ0n) is 19.2. The number of sulfonamides is 1. The minimum absolute atomic E-state index is 0.108. The van der Waals surface area contributed by atoms with E-state index >= 15 is 0 Å². The van der Waals surface area contributed by atoms with Crippen molar-refractivity contribution in [2.24, 2.45) is 11.0 Å². The second kappa shape index (κ2) is 9.42. The number of hydrogen-bond acceptors (Lipinski definition) is 7. The summed E-state index contributed by atoms with van der Waals surface area (Å²) < 4.78 is 39.0. The van der Waals surface area contributed by atoms with E-state index in [0.29, 0.717) is 43.3 Å². The van der Waals surface area contributed by atoms with Gasteiger partial charge in [-0.05, 0) is 35.9 Å². The highest BCUT2D eigenvalue weighted by molar-refractivity contribution is 7.89. The van der Waals surface area contributed by atoms with Gasteiger partial charge in [-0.1, -0.05) is 12.1 Å². The quantitative estimate of drug-likeness (QED) is 0.474. The number of aromatic nitrogens is 1. The number of hydrazone groups is 1. The maximum atomic E-state index is 13.3. The van der Waals surface area contributed by atoms with Crippen molar-refractivity contribution in [2.45, 2.75) is 11.3 Å². The zero-order chi connectivity index (χ0) is 24.6. The lowest BCUT2D eigenvalue weighted by atomic mass is 9.92. The van der Waals surface area contributed by atoms with Gasteiger partial charge in [0.25, 0.3) is 0 Å². The second-order valence-electron chi connectivity index (χ2n) is 8.45. The number of fused-ring (bicyclic) bond motifs is 1. The van der Waals surface area contributed by atoms with Crippen LogP contribution in [0.5, 0.6) is 5.75 Å². The van der Waals surface area contributed by atoms with Gasteiger partial charge in [0.2, 0.25) is 15.9 Å². The molecule has 184 valence electrons. The fourth-order valence-electron chi connectivity index (χ4n) is 4.54. The number of nitrogens with one attached hydrogen (secondary N) is 2. The number of aliphatic hydroxyl groups excluding tert-OH is 1. The van der Waals surface area contributed by atoms with Crippen LogP contribution in [0.15, 0.2) is 52.5 Å². The van der Waals surface area contributed by atoms with Gasteiger partial charge >= 0.3 is 0 Å². The number of methoxy groups -OCH3 is 1. The number of para-hydroxylation sites is 1. The van der Waals surface area contributed by atoms with Gasteiger partial charge in [-0.3, -0.25) is 4.79 Å². The molecule has 1 saturated heterocycles. The molecule has 1 aromatic heterocycles. The molecule has 11 heteroatoms. The van der Waals surface area contributed by atoms with E-state index in [1.165, 1.54) is 11.4 Å². The predicted octanol–water partition coefficient (Wildman–Crippen LogP) is 1.70. The number of ether oxygens (including phenoxy) is 2. The second-order valence-corrected chi connectivity index (χ2v) is 10.4. The fraction of sp³-hybridized carbons (Fsp3) is 0.333. The first kappa shape index (κ1) is 23.5. The smallest absolute Gasteiger partial charge is 0.246 e. The number of morpholine rings is 1. The summed E-state index contributed by atoms with van der Waals surface area (Å²) in [6.45, 7) is 1.13. The number of carbonyl (C=O) groups is 1. The molecule has 3 N–H and O–H groups in total. The van der Waals surface area contributed by atoms with E-state index in [-0.39, 0.29) is 35.5 Å². The number of aliphatic hydroxyl groups is 1. The SMILES string of the molecule is COc1c(-c2cc3cc(C4=NNC(=O)CC4CO)ccc3[nH]2)cccc1S(=O)(=O)N1CCOCC1. The van der Waals surface area contributed by atoms with E-state index in [1.807, 2.05) is 30.3 Å². The van der Waals surface area contributed by atoms with Crippen molar-refractivity contribution in [3.63, 3.8) is 0 Å². The third-order valence-electron chi connectivity index (χ3n) is 6.32. The summed E-state index contributed by atoms with van der Waals surface area (Å²) in [5.41, 5.74) is 6.05. The maximum Gasteiger partial charge on any atom is 0.246 e. The molecule has 1 amide bonds. The molecule has 10 nitrogen and oxygen atoms in total. The zero-order valence-corrected chi connectivity index (χ0v) is 20.0. The van der Waals surface area contributed by atoms with Gasteiger partial charge in [-0.2, -0.15) is 9.41 Å². The van der Waals surface area contributed by atoms with Crippen LogP contribution in [0.2, 0.25) is 0 Å². The van der Waals surface area contributed by atoms with Crippen LogP contribution in [0.25, 0.3) is 22.2 Å². The Kier molecular flexibility index (Phi) is 6.32. The molecule has 1 unspecified atom stereocenters. The number of nitrogens with zero attached hydrogens (tertiary/aromatic N) is 2. The molecule has 2 aliphatic rings. The molecule has 0 spiro atoms. The van der Waals surface area contributed by atoms with Crippen molar-refractivity contribution in [2.75, 3.05) is 40.0 Å². The topological polar surface area (TPSA) is 133 Å². The van der Waals surface area contributed by atoms with Gasteiger partial charge in [0.05, 0.1) is 38.3 Å². The Morgan fingerprint density at radius 3 is 2.74 bits per heavy atom. The predicted molar refractivity (Wildman–Crippen MR) is 130 cm³/mol. The Balaban J connectivity index is 1.54. The summed E-state index contributed by atoms with van der Waals surface area (Å²) in [4.78, 5) is 15.1. The Bertz CT molecular complexity index is 1410. The Labute approximate surface area is 202 Å². The summed E-state index contributed by atoms with van der Waals surface area (Å²) in [5, 5.41) is 14.7. The lowest BCUT2D eigenvalue weighted by molar-refractivity contribution is -0.122. The molecule has 0 aliphatic carbocycles. The third kappa shape index (κ3) is 4.31. The Morgan fingerprint density at radius 1 is 1.20 bits per heavy atom. The summed E-state index contributed by atoms with van der Waals surface area (Å²) in [7, 11) is -2.30. The molecular weight excluding hydrogens is 472 g/mol. The third-order valence-corrected chi connectivity index (χ3v) is 8.24. The van der Waals surface area contributed by atoms with Gasteiger partial charge in [0, 0.05) is 41.9 Å². The molecule has 5 rings (SSSR count). The van der Waals surface area contributed by atoms with Gasteiger partial charge in [-0.15, -0.1) is 0 Å². The summed E-state index contributed by atoms with van der Waals surface area (Å²) in [6, 6.07) is 12.7. The molecule has 35 heavy (non-hydrogen) atoms. The van der Waals surface area contributed by atoms with Crippen LogP contribution < -0.4 is 10.2 Å². The van der Waals surface area contributed by atoms with Crippen molar-refractivity contribution >= 4 is 32.5 Å². The Hall–Kier alpha value is -3.25. The molecule has 3 heterocycles. The Morgan fingerprint density at radius 2 is 2.00 bits per heavy atom. The molecule has 0 saturated carbocycles. The molecule has 1 atom stereocenters. The van der Waals surface area contributed by atoms with Crippen LogP contribution in [0, 0.1) is 5.92 Å². The van der Waals surface area contributed by atoms with Crippen LogP contribution in [-0.2, 0) is 19.6 Å². The first-order chi connectivity index (χ1) is 16.9. The standard InChI is InChI=1S/C24H26N4O6S/c1-33-24-18(3-2-4-21(24)35(31,32)28-7-9-34-10-8-28)20-12-16-11-15(5-6-19(16)25-20)23-17(14-29)13-22(30)26-27-23/h2-6,11-12,17,25,29H,7-10,13-14H2,1H3,(H,26,30). The van der Waals surface area contributed by atoms with Gasteiger partial charge < -0.3 is 19.6 Å². The number of H-pyrrole nitrogens is 1. The first-order valence-electron chi connectivity index (χ1n) is 11.3. The number of aromatic amines is 1. The summed E-state index contributed by atoms with van der Waals surface area (Å²) in [6.07, 6.45) is 0.174. The van der Waals surface area contributed by atoms with E-state index < -0.39 is 10.0 Å². The number of rotatable bonds is 6. The van der Waals surface area contributed by atoms with Crippen molar-refractivity contribution < 1.29 is 27.8 Å². The average molecular weight is 499 g/mol. The molecule has 3 aromatic rings. The van der Waals surface area contributed by atoms with Crippen molar-refractivity contribution in [1.82, 2.24) is 14.7 Å². The lowest BCUT2D eigenvalue weighted by Gasteiger charge is -2.27. The minimum Gasteiger partial charge on any atom is -0.495 e. The van der Waals surface area contributed by atoms with Crippen molar-refractivity contribution in [3.05, 3.63) is 48.0 Å². The molecular formula is C24H26N4O6S. The molecule has 1 fully saturated rings. The number of hydrogen-bond donors (Lipinski definition) is 3. The molecule has 0 bridgehead atoms. The largest absolute Gasteiger partial charge is 0.495 e. The fourth-order valence-corrected chi connectivity index (χ4v) is 6.12. The summed E-state index contributed by atoms with van der Waals surface area (Å²) in [5.74, 6) is -0.330.